The van der Waals surface area contributed by atoms with E-state index in [9.17, 15) is 27.6 Å². The average Bonchev–Trinajstić information content (AvgIpc) is 3.81. The van der Waals surface area contributed by atoms with Crippen molar-refractivity contribution in [2.75, 3.05) is 13.7 Å². The van der Waals surface area contributed by atoms with Gasteiger partial charge in [-0.1, -0.05) is 28.1 Å². The van der Waals surface area contributed by atoms with E-state index in [0.29, 0.717) is 23.7 Å². The smallest absolute Gasteiger partial charge is 0.332 e. The summed E-state index contributed by atoms with van der Waals surface area (Å²) in [5, 5.41) is 9.82. The first-order chi connectivity index (χ1) is 21.4. The minimum atomic E-state index is -4.25. The second-order valence-electron chi connectivity index (χ2n) is 12.1. The number of methoxy groups -OCH3 is 1. The van der Waals surface area contributed by atoms with Crippen molar-refractivity contribution in [1.82, 2.24) is 25.3 Å². The highest BCUT2D eigenvalue weighted by Gasteiger charge is 2.62. The van der Waals surface area contributed by atoms with Gasteiger partial charge in [0, 0.05) is 36.6 Å². The zero-order valence-electron chi connectivity index (χ0n) is 24.7. The van der Waals surface area contributed by atoms with Crippen LogP contribution in [0.2, 0.25) is 0 Å². The Balaban J connectivity index is 1.31. The molecule has 3 fully saturated rings. The summed E-state index contributed by atoms with van der Waals surface area (Å²) in [7, 11) is -1.32. The van der Waals surface area contributed by atoms with Gasteiger partial charge in [-0.15, -0.1) is 0 Å². The summed E-state index contributed by atoms with van der Waals surface area (Å²) < 4.78 is 39.1. The number of hydrogen-bond acceptors (Lipinski definition) is 9. The molecule has 45 heavy (non-hydrogen) atoms. The van der Waals surface area contributed by atoms with E-state index in [2.05, 4.69) is 31.7 Å². The number of carbonyl (C=O) groups excluding carboxylic acids is 4. The van der Waals surface area contributed by atoms with E-state index < -0.39 is 57.5 Å². The molecule has 1 aromatic heterocycles. The molecule has 0 radical (unpaired) electrons. The summed E-state index contributed by atoms with van der Waals surface area (Å²) in [6.07, 6.45) is 6.83. The molecule has 2 aliphatic carbocycles. The third-order valence-electron chi connectivity index (χ3n) is 9.10. The van der Waals surface area contributed by atoms with E-state index in [1.807, 2.05) is 12.2 Å². The SMILES string of the molecule is COC(=O)C12CC1C=CCCC1CC1C(NC(=O)c1ccn(C)n1)C(=O)N1CC(OS(=O)(=O)c3ccc(Br)cc3)CC1C(=O)N2. The number of ether oxygens (including phenoxy) is 1. The number of carbonyl (C=O) groups is 4. The largest absolute Gasteiger partial charge is 0.467 e. The number of benzene rings is 1. The molecule has 7 atom stereocenters. The molecular weight excluding hydrogens is 670 g/mol. The van der Waals surface area contributed by atoms with E-state index in [1.165, 1.54) is 28.8 Å². The minimum absolute atomic E-state index is 0.0755. The van der Waals surface area contributed by atoms with Crippen LogP contribution in [-0.2, 0) is 40.5 Å². The molecule has 240 valence electrons. The number of aromatic nitrogens is 2. The highest BCUT2D eigenvalue weighted by Crippen LogP contribution is 2.48. The molecule has 2 aliphatic heterocycles. The molecule has 7 unspecified atom stereocenters. The fraction of sp³-hybridized carbons (Fsp3) is 0.500. The maximum Gasteiger partial charge on any atom is 0.332 e. The van der Waals surface area contributed by atoms with Crippen LogP contribution in [0.3, 0.4) is 0 Å². The zero-order valence-corrected chi connectivity index (χ0v) is 27.1. The van der Waals surface area contributed by atoms with E-state index >= 15 is 0 Å². The number of rotatable bonds is 6. The molecule has 1 saturated heterocycles. The van der Waals surface area contributed by atoms with Crippen LogP contribution in [0.4, 0.5) is 0 Å². The van der Waals surface area contributed by atoms with Gasteiger partial charge >= 0.3 is 5.97 Å². The van der Waals surface area contributed by atoms with Gasteiger partial charge in [0.05, 0.1) is 18.1 Å². The van der Waals surface area contributed by atoms with Crippen LogP contribution in [0, 0.1) is 17.8 Å². The molecule has 6 rings (SSSR count). The summed E-state index contributed by atoms with van der Waals surface area (Å²) in [4.78, 5) is 55.5. The normalized spacial score (nSPS) is 31.1. The fourth-order valence-corrected chi connectivity index (χ4v) is 7.84. The molecule has 3 amide bonds. The molecule has 2 N–H and O–H groups in total. The summed E-state index contributed by atoms with van der Waals surface area (Å²) >= 11 is 3.28. The quantitative estimate of drug-likeness (QED) is 0.259. The predicted molar refractivity (Wildman–Crippen MR) is 162 cm³/mol. The number of nitrogens with one attached hydrogen (secondary N) is 2. The van der Waals surface area contributed by atoms with Crippen molar-refractivity contribution in [2.24, 2.45) is 24.8 Å². The van der Waals surface area contributed by atoms with Gasteiger partial charge in [-0.3, -0.25) is 23.2 Å². The second-order valence-corrected chi connectivity index (χ2v) is 14.6. The third kappa shape index (κ3) is 6.29. The monoisotopic (exact) mass is 703 g/mol. The Bertz CT molecular complexity index is 1660. The number of esters is 1. The Hall–Kier alpha value is -3.56. The fourth-order valence-electron chi connectivity index (χ4n) is 6.49. The van der Waals surface area contributed by atoms with Crippen molar-refractivity contribution in [3.05, 3.63) is 58.8 Å². The number of allylic oxidation sites excluding steroid dienone is 1. The van der Waals surface area contributed by atoms with E-state index in [-0.39, 0.29) is 41.3 Å². The number of aryl methyl sites for hydroxylation is 1. The van der Waals surface area contributed by atoms with Gasteiger partial charge in [-0.05, 0) is 67.9 Å². The summed E-state index contributed by atoms with van der Waals surface area (Å²) in [6.45, 7) is -0.214. The van der Waals surface area contributed by atoms with Gasteiger partial charge in [0.1, 0.15) is 23.3 Å². The minimum Gasteiger partial charge on any atom is -0.467 e. The first-order valence-electron chi connectivity index (χ1n) is 14.8. The molecule has 0 bridgehead atoms. The second kappa shape index (κ2) is 12.0. The molecule has 2 aromatic rings. The molecule has 3 heterocycles. The van der Waals surface area contributed by atoms with Crippen molar-refractivity contribution in [3.63, 3.8) is 0 Å². The molecule has 2 saturated carbocycles. The van der Waals surface area contributed by atoms with Crippen LogP contribution >= 0.6 is 15.9 Å². The molecule has 1 aromatic carbocycles. The highest BCUT2D eigenvalue weighted by molar-refractivity contribution is 9.10. The van der Waals surface area contributed by atoms with Crippen molar-refractivity contribution in [3.8, 4) is 0 Å². The van der Waals surface area contributed by atoms with Crippen LogP contribution in [-0.4, -0.2) is 84.2 Å². The lowest BCUT2D eigenvalue weighted by atomic mass is 10.0. The van der Waals surface area contributed by atoms with Crippen molar-refractivity contribution < 1.29 is 36.5 Å². The number of amides is 3. The van der Waals surface area contributed by atoms with Gasteiger partial charge in [-0.25, -0.2) is 4.79 Å². The van der Waals surface area contributed by atoms with Crippen LogP contribution in [0.15, 0.2) is 58.0 Å². The molecule has 13 nitrogen and oxygen atoms in total. The average molecular weight is 705 g/mol. The van der Waals surface area contributed by atoms with Crippen molar-refractivity contribution >= 4 is 49.7 Å². The first-order valence-corrected chi connectivity index (χ1v) is 17.0. The first kappa shape index (κ1) is 31.4. The van der Waals surface area contributed by atoms with E-state index in [4.69, 9.17) is 8.92 Å². The maximum absolute atomic E-state index is 14.3. The van der Waals surface area contributed by atoms with Crippen LogP contribution < -0.4 is 10.6 Å². The standard InChI is InChI=1S/C30H34BrN5O8S/c1-35-12-11-23(34-35)26(37)32-25-22-13-17(22)5-3-4-6-18-15-30(18,29(40)43-2)33-27(38)24-14-20(16-36(24)28(25)39)44-45(41,42)21-9-7-19(31)8-10-21/h4,6-12,17-18,20,22,24-25H,3,5,13-16H2,1-2H3,(H,32,37)(H,33,38). The van der Waals surface area contributed by atoms with Crippen molar-refractivity contribution in [1.29, 1.82) is 0 Å². The zero-order chi connectivity index (χ0) is 32.1. The number of halogens is 1. The van der Waals surface area contributed by atoms with Crippen LogP contribution in [0.5, 0.6) is 0 Å². The Morgan fingerprint density at radius 1 is 1.16 bits per heavy atom. The summed E-state index contributed by atoms with van der Waals surface area (Å²) in [5.41, 5.74) is -1.14. The van der Waals surface area contributed by atoms with Gasteiger partial charge in [0.15, 0.2) is 0 Å². The lowest BCUT2D eigenvalue weighted by molar-refractivity contribution is -0.148. The topological polar surface area (TPSA) is 166 Å². The van der Waals surface area contributed by atoms with Crippen LogP contribution in [0.1, 0.15) is 42.6 Å². The number of hydrogen-bond donors (Lipinski definition) is 2. The Labute approximate surface area is 268 Å². The van der Waals surface area contributed by atoms with Gasteiger partial charge < -0.3 is 20.3 Å². The van der Waals surface area contributed by atoms with Crippen LogP contribution in [0.25, 0.3) is 0 Å². The van der Waals surface area contributed by atoms with Gasteiger partial charge in [0.2, 0.25) is 11.8 Å². The molecule has 15 heteroatoms. The Kier molecular flexibility index (Phi) is 8.37. The Morgan fingerprint density at radius 3 is 2.60 bits per heavy atom. The molecule has 0 spiro atoms. The van der Waals surface area contributed by atoms with Gasteiger partial charge in [0.25, 0.3) is 16.0 Å². The number of nitrogens with zero attached hydrogens (tertiary/aromatic N) is 3. The van der Waals surface area contributed by atoms with E-state index in [0.717, 1.165) is 6.42 Å². The number of fused-ring (bicyclic) bond motifs is 3. The van der Waals surface area contributed by atoms with Crippen molar-refractivity contribution in [2.45, 2.75) is 60.7 Å². The lowest BCUT2D eigenvalue weighted by Gasteiger charge is -2.30. The molecular formula is C30H34BrN5O8S. The van der Waals surface area contributed by atoms with Gasteiger partial charge in [-0.2, -0.15) is 13.5 Å². The Morgan fingerprint density at radius 2 is 1.91 bits per heavy atom. The predicted octanol–water partition coefficient (Wildman–Crippen LogP) is 1.69. The summed E-state index contributed by atoms with van der Waals surface area (Å²) in [5.74, 6) is -2.57. The maximum atomic E-state index is 14.3. The van der Waals surface area contributed by atoms with E-state index in [1.54, 1.807) is 31.4 Å². The highest BCUT2D eigenvalue weighted by atomic mass is 79.9. The molecule has 4 aliphatic rings. The summed E-state index contributed by atoms with van der Waals surface area (Å²) in [6, 6.07) is 5.31. The lowest BCUT2D eigenvalue weighted by Crippen LogP contribution is -2.57. The third-order valence-corrected chi connectivity index (χ3v) is 11.0.